The number of hydrogen-bond acceptors (Lipinski definition) is 4. The summed E-state index contributed by atoms with van der Waals surface area (Å²) in [6.45, 7) is 7.98. The van der Waals surface area contributed by atoms with Gasteiger partial charge in [-0.1, -0.05) is 13.8 Å². The summed E-state index contributed by atoms with van der Waals surface area (Å²) in [6, 6.07) is 0. The summed E-state index contributed by atoms with van der Waals surface area (Å²) in [4.78, 5) is 14.1. The first-order chi connectivity index (χ1) is 7.18. The Morgan fingerprint density at radius 3 is 2.40 bits per heavy atom. The van der Waals surface area contributed by atoms with Gasteiger partial charge in [-0.05, 0) is 25.9 Å². The molecule has 0 bridgehead atoms. The van der Waals surface area contributed by atoms with Crippen LogP contribution in [0, 0.1) is 0 Å². The average Bonchev–Trinajstić information content (AvgIpc) is 2.29. The van der Waals surface area contributed by atoms with Crippen molar-refractivity contribution in [2.24, 2.45) is 0 Å². The molecule has 1 aliphatic rings. The summed E-state index contributed by atoms with van der Waals surface area (Å²) >= 11 is 0. The topological polar surface area (TPSA) is 41.6 Å². The average molecular weight is 214 g/mol. The number of methoxy groups -OCH3 is 1. The third-order valence-corrected chi connectivity index (χ3v) is 3.25. The standard InChI is InChI=1S/C11H22N2O2/c1-4-12-11(10(14)15-3)6-8-13(5-2)9-7-11/h12H,4-9H2,1-3H3. The fraction of sp³-hybridized carbons (Fsp3) is 0.909. The number of rotatable bonds is 4. The quantitative estimate of drug-likeness (QED) is 0.697. The smallest absolute Gasteiger partial charge is 0.326 e. The minimum Gasteiger partial charge on any atom is -0.468 e. The van der Waals surface area contributed by atoms with Crippen molar-refractivity contribution in [2.75, 3.05) is 33.3 Å². The van der Waals surface area contributed by atoms with Gasteiger partial charge in [0, 0.05) is 13.1 Å². The summed E-state index contributed by atoms with van der Waals surface area (Å²) < 4.78 is 4.89. The maximum Gasteiger partial charge on any atom is 0.326 e. The zero-order valence-electron chi connectivity index (χ0n) is 10.0. The number of carbonyl (C=O) groups is 1. The van der Waals surface area contributed by atoms with Gasteiger partial charge < -0.3 is 15.0 Å². The fourth-order valence-electron chi connectivity index (χ4n) is 2.24. The summed E-state index contributed by atoms with van der Waals surface area (Å²) in [5.41, 5.74) is -0.435. The Morgan fingerprint density at radius 2 is 2.00 bits per heavy atom. The van der Waals surface area contributed by atoms with Crippen LogP contribution in [0.3, 0.4) is 0 Å². The summed E-state index contributed by atoms with van der Waals surface area (Å²) in [5, 5.41) is 3.29. The van der Waals surface area contributed by atoms with Gasteiger partial charge in [-0.3, -0.25) is 4.79 Å². The van der Waals surface area contributed by atoms with Gasteiger partial charge >= 0.3 is 5.97 Å². The number of carbonyl (C=O) groups excluding carboxylic acids is 1. The molecule has 4 heteroatoms. The van der Waals surface area contributed by atoms with Gasteiger partial charge in [0.1, 0.15) is 5.54 Å². The van der Waals surface area contributed by atoms with Crippen LogP contribution in [0.1, 0.15) is 26.7 Å². The van der Waals surface area contributed by atoms with Gasteiger partial charge in [0.25, 0.3) is 0 Å². The third-order valence-electron chi connectivity index (χ3n) is 3.25. The van der Waals surface area contributed by atoms with E-state index in [1.165, 1.54) is 7.11 Å². The van der Waals surface area contributed by atoms with Crippen LogP contribution in [-0.2, 0) is 9.53 Å². The molecule has 0 aliphatic carbocycles. The predicted molar refractivity (Wildman–Crippen MR) is 59.8 cm³/mol. The second-order valence-electron chi connectivity index (χ2n) is 4.04. The molecule has 1 N–H and O–H groups in total. The number of hydrogen-bond donors (Lipinski definition) is 1. The molecule has 0 aromatic heterocycles. The van der Waals surface area contributed by atoms with Crippen molar-refractivity contribution >= 4 is 5.97 Å². The first-order valence-electron chi connectivity index (χ1n) is 5.74. The monoisotopic (exact) mass is 214 g/mol. The molecule has 0 spiro atoms. The number of likely N-dealkylation sites (N-methyl/N-ethyl adjacent to an activating group) is 1. The van der Waals surface area contributed by atoms with Crippen molar-refractivity contribution in [1.82, 2.24) is 10.2 Å². The summed E-state index contributed by atoms with van der Waals surface area (Å²) in [5.74, 6) is -0.111. The van der Waals surface area contributed by atoms with Crippen LogP contribution in [0.5, 0.6) is 0 Å². The maximum atomic E-state index is 11.8. The van der Waals surface area contributed by atoms with Crippen LogP contribution in [0.15, 0.2) is 0 Å². The highest BCUT2D eigenvalue weighted by Crippen LogP contribution is 2.23. The lowest BCUT2D eigenvalue weighted by Gasteiger charge is -2.39. The Balaban J connectivity index is 2.64. The molecule has 0 aromatic rings. The van der Waals surface area contributed by atoms with Gasteiger partial charge in [-0.25, -0.2) is 0 Å². The lowest BCUT2D eigenvalue weighted by Crippen LogP contribution is -2.58. The molecule has 0 amide bonds. The molecule has 0 unspecified atom stereocenters. The SMILES string of the molecule is CCNC1(C(=O)OC)CCN(CC)CC1. The van der Waals surface area contributed by atoms with Gasteiger partial charge in [0.15, 0.2) is 0 Å². The molecule has 0 aromatic carbocycles. The Morgan fingerprint density at radius 1 is 1.40 bits per heavy atom. The molecular formula is C11H22N2O2. The number of nitrogens with zero attached hydrogens (tertiary/aromatic N) is 1. The van der Waals surface area contributed by atoms with Crippen molar-refractivity contribution in [3.8, 4) is 0 Å². The molecule has 1 rings (SSSR count). The van der Waals surface area contributed by atoms with E-state index in [-0.39, 0.29) is 5.97 Å². The van der Waals surface area contributed by atoms with E-state index < -0.39 is 5.54 Å². The maximum absolute atomic E-state index is 11.8. The lowest BCUT2D eigenvalue weighted by atomic mass is 9.87. The normalized spacial score (nSPS) is 21.3. The number of esters is 1. The minimum atomic E-state index is -0.435. The largest absolute Gasteiger partial charge is 0.468 e. The van der Waals surface area contributed by atoms with E-state index in [0.717, 1.165) is 39.0 Å². The van der Waals surface area contributed by atoms with E-state index in [2.05, 4.69) is 17.1 Å². The Labute approximate surface area is 92.0 Å². The molecule has 1 heterocycles. The van der Waals surface area contributed by atoms with E-state index in [4.69, 9.17) is 4.74 Å². The van der Waals surface area contributed by atoms with Crippen molar-refractivity contribution in [3.05, 3.63) is 0 Å². The number of likely N-dealkylation sites (tertiary alicyclic amines) is 1. The number of nitrogens with one attached hydrogen (secondary N) is 1. The molecule has 4 nitrogen and oxygen atoms in total. The molecule has 0 radical (unpaired) electrons. The van der Waals surface area contributed by atoms with Gasteiger partial charge in [-0.2, -0.15) is 0 Å². The molecular weight excluding hydrogens is 192 g/mol. The molecule has 1 saturated heterocycles. The third kappa shape index (κ3) is 2.69. The van der Waals surface area contributed by atoms with Crippen LogP contribution in [0.4, 0.5) is 0 Å². The summed E-state index contributed by atoms with van der Waals surface area (Å²) in [7, 11) is 1.47. The fourth-order valence-corrected chi connectivity index (χ4v) is 2.24. The summed E-state index contributed by atoms with van der Waals surface area (Å²) in [6.07, 6.45) is 1.70. The highest BCUT2D eigenvalue weighted by molar-refractivity contribution is 5.81. The highest BCUT2D eigenvalue weighted by Gasteiger charge is 2.41. The predicted octanol–water partition coefficient (Wildman–Crippen LogP) is 0.623. The van der Waals surface area contributed by atoms with Crippen LogP contribution < -0.4 is 5.32 Å². The first kappa shape index (κ1) is 12.5. The van der Waals surface area contributed by atoms with E-state index >= 15 is 0 Å². The van der Waals surface area contributed by atoms with E-state index in [0.29, 0.717) is 0 Å². The van der Waals surface area contributed by atoms with Crippen LogP contribution in [0.2, 0.25) is 0 Å². The second kappa shape index (κ2) is 5.47. The van der Waals surface area contributed by atoms with Crippen LogP contribution >= 0.6 is 0 Å². The van der Waals surface area contributed by atoms with Crippen molar-refractivity contribution in [1.29, 1.82) is 0 Å². The highest BCUT2D eigenvalue weighted by atomic mass is 16.5. The Hall–Kier alpha value is -0.610. The van der Waals surface area contributed by atoms with E-state index in [1.807, 2.05) is 6.92 Å². The van der Waals surface area contributed by atoms with Gasteiger partial charge in [-0.15, -0.1) is 0 Å². The van der Waals surface area contributed by atoms with Crippen molar-refractivity contribution in [3.63, 3.8) is 0 Å². The van der Waals surface area contributed by atoms with Crippen molar-refractivity contribution < 1.29 is 9.53 Å². The zero-order chi connectivity index (χ0) is 11.3. The van der Waals surface area contributed by atoms with Crippen LogP contribution in [-0.4, -0.2) is 49.7 Å². The molecule has 15 heavy (non-hydrogen) atoms. The van der Waals surface area contributed by atoms with Gasteiger partial charge in [0.05, 0.1) is 7.11 Å². The molecule has 88 valence electrons. The van der Waals surface area contributed by atoms with Crippen LogP contribution in [0.25, 0.3) is 0 Å². The molecule has 0 atom stereocenters. The minimum absolute atomic E-state index is 0.111. The Kier molecular flexibility index (Phi) is 4.54. The molecule has 1 aliphatic heterocycles. The molecule has 1 fully saturated rings. The Bertz CT molecular complexity index is 211. The number of ether oxygens (including phenoxy) is 1. The van der Waals surface area contributed by atoms with Gasteiger partial charge in [0.2, 0.25) is 0 Å². The van der Waals surface area contributed by atoms with E-state index in [1.54, 1.807) is 0 Å². The number of piperidine rings is 1. The second-order valence-corrected chi connectivity index (χ2v) is 4.04. The zero-order valence-corrected chi connectivity index (χ0v) is 10.0. The first-order valence-corrected chi connectivity index (χ1v) is 5.74. The van der Waals surface area contributed by atoms with E-state index in [9.17, 15) is 4.79 Å². The lowest BCUT2D eigenvalue weighted by molar-refractivity contribution is -0.150. The molecule has 0 saturated carbocycles. The van der Waals surface area contributed by atoms with Crippen molar-refractivity contribution in [2.45, 2.75) is 32.2 Å².